The average molecular weight is 716 g/mol. The third-order valence-electron chi connectivity index (χ3n) is 11.0. The number of benzene rings is 8. The largest absolute Gasteiger partial charge is 0.455 e. The first-order valence-corrected chi connectivity index (χ1v) is 19.0. The van der Waals surface area contributed by atoms with Crippen LogP contribution in [0.5, 0.6) is 0 Å². The van der Waals surface area contributed by atoms with Crippen molar-refractivity contribution in [2.45, 2.75) is 6.42 Å². The molecule has 0 atom stereocenters. The summed E-state index contributed by atoms with van der Waals surface area (Å²) in [6.07, 6.45) is 0.772. The summed E-state index contributed by atoms with van der Waals surface area (Å²) in [6, 6.07) is 66.0. The molecule has 0 bridgehead atoms. The van der Waals surface area contributed by atoms with Gasteiger partial charge in [0.25, 0.3) is 0 Å². The summed E-state index contributed by atoms with van der Waals surface area (Å²) in [4.78, 5) is 15.5. The van der Waals surface area contributed by atoms with Crippen molar-refractivity contribution in [1.29, 1.82) is 0 Å². The second-order valence-corrected chi connectivity index (χ2v) is 14.3. The molecule has 8 aromatic carbocycles. The second-order valence-electron chi connectivity index (χ2n) is 14.3. The summed E-state index contributed by atoms with van der Waals surface area (Å²) in [5.74, 6) is 1.86. The Labute approximate surface area is 324 Å². The van der Waals surface area contributed by atoms with Gasteiger partial charge in [-0.2, -0.15) is 0 Å². The number of furan rings is 1. The molecule has 0 spiro atoms. The van der Waals surface area contributed by atoms with Gasteiger partial charge in [0.15, 0.2) is 17.5 Å². The van der Waals surface area contributed by atoms with E-state index in [0.29, 0.717) is 17.5 Å². The third kappa shape index (κ3) is 5.42. The molecule has 0 saturated carbocycles. The predicted octanol–water partition coefficient (Wildman–Crippen LogP) is 13.3. The van der Waals surface area contributed by atoms with E-state index in [1.165, 1.54) is 55.6 Å². The highest BCUT2D eigenvalue weighted by Gasteiger charge is 2.26. The smallest absolute Gasteiger partial charge is 0.167 e. The van der Waals surface area contributed by atoms with Crippen molar-refractivity contribution in [3.05, 3.63) is 199 Å². The highest BCUT2D eigenvalue weighted by atomic mass is 16.3. The van der Waals surface area contributed by atoms with Crippen molar-refractivity contribution in [3.8, 4) is 78.7 Å². The summed E-state index contributed by atoms with van der Waals surface area (Å²) in [5, 5.41) is 2.11. The van der Waals surface area contributed by atoms with Gasteiger partial charge < -0.3 is 4.42 Å². The molecule has 0 amide bonds. The van der Waals surface area contributed by atoms with Gasteiger partial charge in [-0.3, -0.25) is 0 Å². The fraction of sp³-hybridized carbons (Fsp3) is 0.0192. The van der Waals surface area contributed by atoms with E-state index in [1.54, 1.807) is 0 Å². The van der Waals surface area contributed by atoms with Crippen LogP contribution in [0.4, 0.5) is 0 Å². The van der Waals surface area contributed by atoms with Gasteiger partial charge in [0, 0.05) is 28.3 Å². The lowest BCUT2D eigenvalue weighted by atomic mass is 9.93. The monoisotopic (exact) mass is 715 g/mol. The Bertz CT molecular complexity index is 3090. The number of aromatic nitrogens is 3. The van der Waals surface area contributed by atoms with Crippen molar-refractivity contribution < 1.29 is 4.42 Å². The number of rotatable bonds is 6. The Hall–Kier alpha value is -7.43. The molecular formula is C52H33N3O. The van der Waals surface area contributed by atoms with Crippen LogP contribution in [0.15, 0.2) is 192 Å². The van der Waals surface area contributed by atoms with Gasteiger partial charge >= 0.3 is 0 Å². The molecule has 262 valence electrons. The van der Waals surface area contributed by atoms with Crippen LogP contribution >= 0.6 is 0 Å². The van der Waals surface area contributed by atoms with E-state index in [4.69, 9.17) is 19.4 Å². The lowest BCUT2D eigenvalue weighted by molar-refractivity contribution is 0.669. The van der Waals surface area contributed by atoms with E-state index in [2.05, 4.69) is 133 Å². The molecule has 56 heavy (non-hydrogen) atoms. The van der Waals surface area contributed by atoms with Gasteiger partial charge in [-0.25, -0.2) is 15.0 Å². The standard InChI is InChI=1S/C52H33N3O/c1-3-13-33(14-4-1)34-27-29-35(30-28-34)37-17-9-18-38(31-37)39-20-10-21-40-41-22-11-24-44(47(41)32-46(39)40)51-53-50(36-15-5-2-6-16-36)54-52(55-51)45-25-12-23-43-42-19-7-8-26-48(42)56-49(43)45/h1-31H,32H2. The van der Waals surface area contributed by atoms with Gasteiger partial charge in [-0.1, -0.05) is 170 Å². The summed E-state index contributed by atoms with van der Waals surface area (Å²) >= 11 is 0. The second kappa shape index (κ2) is 13.2. The summed E-state index contributed by atoms with van der Waals surface area (Å²) in [7, 11) is 0. The molecular weight excluding hydrogens is 683 g/mol. The highest BCUT2D eigenvalue weighted by molar-refractivity contribution is 6.09. The molecule has 4 heteroatoms. The van der Waals surface area contributed by atoms with Crippen molar-refractivity contribution in [3.63, 3.8) is 0 Å². The van der Waals surface area contributed by atoms with Crippen molar-refractivity contribution in [2.75, 3.05) is 0 Å². The van der Waals surface area contributed by atoms with Crippen molar-refractivity contribution >= 4 is 21.9 Å². The van der Waals surface area contributed by atoms with Crippen LogP contribution in [0, 0.1) is 0 Å². The molecule has 0 N–H and O–H groups in total. The molecule has 4 nitrogen and oxygen atoms in total. The molecule has 1 aliphatic carbocycles. The summed E-state index contributed by atoms with van der Waals surface area (Å²) in [5.41, 5.74) is 16.7. The van der Waals surface area contributed by atoms with Crippen molar-refractivity contribution in [2.24, 2.45) is 0 Å². The number of hydrogen-bond donors (Lipinski definition) is 0. The van der Waals surface area contributed by atoms with E-state index in [0.717, 1.165) is 45.0 Å². The van der Waals surface area contributed by atoms with Gasteiger partial charge in [-0.15, -0.1) is 0 Å². The van der Waals surface area contributed by atoms with Crippen molar-refractivity contribution in [1.82, 2.24) is 15.0 Å². The lowest BCUT2D eigenvalue weighted by Crippen LogP contribution is -2.02. The van der Waals surface area contributed by atoms with Crippen LogP contribution in [-0.2, 0) is 6.42 Å². The fourth-order valence-electron chi connectivity index (χ4n) is 8.32. The van der Waals surface area contributed by atoms with Crippen LogP contribution in [0.25, 0.3) is 101 Å². The van der Waals surface area contributed by atoms with Crippen LogP contribution in [-0.4, -0.2) is 15.0 Å². The SMILES string of the molecule is c1ccc(-c2ccc(-c3cccc(-c4cccc5c4Cc4c(-c6nc(-c7ccccc7)nc(-c7cccc8c7oc7ccccc78)n6)cccc4-5)c3)cc2)cc1. The summed E-state index contributed by atoms with van der Waals surface area (Å²) < 4.78 is 6.46. The maximum Gasteiger partial charge on any atom is 0.167 e. The van der Waals surface area contributed by atoms with Crippen LogP contribution in [0.3, 0.4) is 0 Å². The van der Waals surface area contributed by atoms with Crippen LogP contribution < -0.4 is 0 Å². The number of hydrogen-bond acceptors (Lipinski definition) is 4. The predicted molar refractivity (Wildman–Crippen MR) is 228 cm³/mol. The van der Waals surface area contributed by atoms with Gasteiger partial charge in [0.1, 0.15) is 11.2 Å². The van der Waals surface area contributed by atoms with E-state index >= 15 is 0 Å². The molecule has 2 heterocycles. The zero-order valence-corrected chi connectivity index (χ0v) is 30.4. The Morgan fingerprint density at radius 3 is 1.57 bits per heavy atom. The normalized spacial score (nSPS) is 11.9. The molecule has 0 unspecified atom stereocenters. The first-order valence-electron chi connectivity index (χ1n) is 19.0. The van der Waals surface area contributed by atoms with E-state index < -0.39 is 0 Å². The minimum absolute atomic E-state index is 0.584. The molecule has 2 aromatic heterocycles. The maximum absolute atomic E-state index is 6.46. The van der Waals surface area contributed by atoms with Crippen LogP contribution in [0.2, 0.25) is 0 Å². The lowest BCUT2D eigenvalue weighted by Gasteiger charge is -2.12. The number of nitrogens with zero attached hydrogens (tertiary/aromatic N) is 3. The molecule has 1 aliphatic rings. The molecule has 0 radical (unpaired) electrons. The Kier molecular flexibility index (Phi) is 7.52. The fourth-order valence-corrected chi connectivity index (χ4v) is 8.32. The van der Waals surface area contributed by atoms with Gasteiger partial charge in [-0.05, 0) is 73.8 Å². The topological polar surface area (TPSA) is 51.8 Å². The average Bonchev–Trinajstić information content (AvgIpc) is 3.86. The third-order valence-corrected chi connectivity index (χ3v) is 11.0. The zero-order chi connectivity index (χ0) is 37.0. The Balaban J connectivity index is 1.00. The Morgan fingerprint density at radius 2 is 0.804 bits per heavy atom. The van der Waals surface area contributed by atoms with Gasteiger partial charge in [0.05, 0.1) is 5.56 Å². The Morgan fingerprint density at radius 1 is 0.321 bits per heavy atom. The number of fused-ring (bicyclic) bond motifs is 6. The number of para-hydroxylation sites is 2. The van der Waals surface area contributed by atoms with Gasteiger partial charge in [0.2, 0.25) is 0 Å². The molecule has 10 aromatic rings. The molecule has 0 saturated heterocycles. The maximum atomic E-state index is 6.46. The van der Waals surface area contributed by atoms with Crippen LogP contribution in [0.1, 0.15) is 11.1 Å². The van der Waals surface area contributed by atoms with E-state index in [-0.39, 0.29) is 0 Å². The first kappa shape index (κ1) is 32.0. The minimum atomic E-state index is 0.584. The zero-order valence-electron chi connectivity index (χ0n) is 30.4. The van der Waals surface area contributed by atoms with E-state index in [1.807, 2.05) is 54.6 Å². The molecule has 0 fully saturated rings. The molecule has 11 rings (SSSR count). The minimum Gasteiger partial charge on any atom is -0.455 e. The quantitative estimate of drug-likeness (QED) is 0.172. The first-order chi connectivity index (χ1) is 27.7. The van der Waals surface area contributed by atoms with E-state index in [9.17, 15) is 0 Å². The highest BCUT2D eigenvalue weighted by Crippen LogP contribution is 2.46. The molecule has 0 aliphatic heterocycles. The summed E-state index contributed by atoms with van der Waals surface area (Å²) in [6.45, 7) is 0.